The minimum Gasteiger partial charge on any atom is -0.461 e. The third kappa shape index (κ3) is 3.30. The molecule has 28 heavy (non-hydrogen) atoms. The molecule has 2 aromatic heterocycles. The number of nitro groups is 1. The summed E-state index contributed by atoms with van der Waals surface area (Å²) in [7, 11) is 0. The van der Waals surface area contributed by atoms with Gasteiger partial charge in [0.15, 0.2) is 0 Å². The SMILES string of the molecule is Cc1oc(-c2cccc([N+](=O)[O-])c2)cc1C(=O)Nc1ccc2nccnc2c1. The lowest BCUT2D eigenvalue weighted by Crippen LogP contribution is -2.12. The number of fused-ring (bicyclic) bond motifs is 1. The Hall–Kier alpha value is -4.07. The van der Waals surface area contributed by atoms with Gasteiger partial charge in [0, 0.05) is 35.8 Å². The van der Waals surface area contributed by atoms with E-state index < -0.39 is 4.92 Å². The van der Waals surface area contributed by atoms with E-state index in [0.717, 1.165) is 5.52 Å². The normalized spacial score (nSPS) is 10.8. The molecule has 8 nitrogen and oxygen atoms in total. The second-order valence-electron chi connectivity index (χ2n) is 6.10. The van der Waals surface area contributed by atoms with Crippen LogP contribution in [0.1, 0.15) is 16.1 Å². The monoisotopic (exact) mass is 374 g/mol. The van der Waals surface area contributed by atoms with E-state index >= 15 is 0 Å². The van der Waals surface area contributed by atoms with Crippen LogP contribution < -0.4 is 5.32 Å². The van der Waals surface area contributed by atoms with Gasteiger partial charge in [-0.05, 0) is 31.2 Å². The number of amides is 1. The lowest BCUT2D eigenvalue weighted by atomic mass is 10.1. The lowest BCUT2D eigenvalue weighted by molar-refractivity contribution is -0.384. The van der Waals surface area contributed by atoms with Crippen molar-refractivity contribution < 1.29 is 14.1 Å². The second kappa shape index (κ2) is 6.92. The molecule has 2 heterocycles. The predicted molar refractivity (Wildman–Crippen MR) is 103 cm³/mol. The van der Waals surface area contributed by atoms with E-state index in [9.17, 15) is 14.9 Å². The van der Waals surface area contributed by atoms with E-state index in [1.807, 2.05) is 0 Å². The number of benzene rings is 2. The summed E-state index contributed by atoms with van der Waals surface area (Å²) < 4.78 is 5.66. The third-order valence-electron chi connectivity index (χ3n) is 4.23. The van der Waals surface area contributed by atoms with Crippen LogP contribution in [0.3, 0.4) is 0 Å². The zero-order chi connectivity index (χ0) is 19.7. The topological polar surface area (TPSA) is 111 Å². The Morgan fingerprint density at radius 2 is 1.86 bits per heavy atom. The molecule has 0 unspecified atom stereocenters. The summed E-state index contributed by atoms with van der Waals surface area (Å²) in [5.41, 5.74) is 2.80. The molecule has 0 aliphatic carbocycles. The first-order valence-corrected chi connectivity index (χ1v) is 8.38. The van der Waals surface area contributed by atoms with Gasteiger partial charge in [0.2, 0.25) is 0 Å². The molecule has 0 atom stereocenters. The van der Waals surface area contributed by atoms with Crippen molar-refractivity contribution in [3.8, 4) is 11.3 Å². The van der Waals surface area contributed by atoms with Crippen LogP contribution in [0.4, 0.5) is 11.4 Å². The zero-order valence-corrected chi connectivity index (χ0v) is 14.7. The van der Waals surface area contributed by atoms with Crippen LogP contribution in [0.25, 0.3) is 22.4 Å². The summed E-state index contributed by atoms with van der Waals surface area (Å²) in [4.78, 5) is 31.6. The summed E-state index contributed by atoms with van der Waals surface area (Å²) in [6.07, 6.45) is 3.18. The first kappa shape index (κ1) is 17.3. The summed E-state index contributed by atoms with van der Waals surface area (Å²) >= 11 is 0. The van der Waals surface area contributed by atoms with E-state index in [4.69, 9.17) is 4.42 Å². The molecule has 1 N–H and O–H groups in total. The number of non-ortho nitro benzene ring substituents is 1. The first-order valence-electron chi connectivity index (χ1n) is 8.38. The number of aromatic nitrogens is 2. The molecule has 0 aliphatic heterocycles. The van der Waals surface area contributed by atoms with E-state index in [2.05, 4.69) is 15.3 Å². The van der Waals surface area contributed by atoms with Gasteiger partial charge in [-0.15, -0.1) is 0 Å². The molecular formula is C20H14N4O4. The Kier molecular flexibility index (Phi) is 4.29. The first-order chi connectivity index (χ1) is 13.5. The number of nitrogens with one attached hydrogen (secondary N) is 1. The quantitative estimate of drug-likeness (QED) is 0.420. The average Bonchev–Trinajstić information content (AvgIpc) is 3.10. The van der Waals surface area contributed by atoms with Crippen LogP contribution in [0.5, 0.6) is 0 Å². The van der Waals surface area contributed by atoms with Crippen molar-refractivity contribution in [1.29, 1.82) is 0 Å². The highest BCUT2D eigenvalue weighted by molar-refractivity contribution is 6.06. The van der Waals surface area contributed by atoms with Gasteiger partial charge in [0.25, 0.3) is 11.6 Å². The summed E-state index contributed by atoms with van der Waals surface area (Å²) in [5, 5.41) is 13.8. The number of rotatable bonds is 4. The molecule has 138 valence electrons. The Balaban J connectivity index is 1.61. The molecule has 2 aromatic carbocycles. The van der Waals surface area contributed by atoms with E-state index in [1.165, 1.54) is 12.1 Å². The summed E-state index contributed by atoms with van der Waals surface area (Å²) in [6.45, 7) is 1.67. The Labute approximate surface area is 159 Å². The Morgan fingerprint density at radius 1 is 1.07 bits per heavy atom. The van der Waals surface area contributed by atoms with Crippen molar-refractivity contribution >= 4 is 28.3 Å². The van der Waals surface area contributed by atoms with E-state index in [1.54, 1.807) is 55.7 Å². The molecule has 0 saturated heterocycles. The zero-order valence-electron chi connectivity index (χ0n) is 14.7. The maximum Gasteiger partial charge on any atom is 0.270 e. The van der Waals surface area contributed by atoms with Gasteiger partial charge in [-0.25, -0.2) is 0 Å². The fourth-order valence-corrected chi connectivity index (χ4v) is 2.86. The molecule has 0 fully saturated rings. The minimum absolute atomic E-state index is 0.0465. The van der Waals surface area contributed by atoms with Gasteiger partial charge in [-0.2, -0.15) is 0 Å². The number of nitro benzene ring substituents is 1. The fraction of sp³-hybridized carbons (Fsp3) is 0.0500. The maximum absolute atomic E-state index is 12.7. The number of aryl methyl sites for hydroxylation is 1. The number of furan rings is 1. The van der Waals surface area contributed by atoms with Crippen LogP contribution in [-0.4, -0.2) is 20.8 Å². The largest absolute Gasteiger partial charge is 0.461 e. The van der Waals surface area contributed by atoms with Gasteiger partial charge in [0.05, 0.1) is 21.5 Å². The highest BCUT2D eigenvalue weighted by Gasteiger charge is 2.18. The number of hydrogen-bond acceptors (Lipinski definition) is 6. The highest BCUT2D eigenvalue weighted by atomic mass is 16.6. The van der Waals surface area contributed by atoms with E-state index in [0.29, 0.717) is 33.9 Å². The number of nitrogens with zero attached hydrogens (tertiary/aromatic N) is 3. The molecule has 0 aliphatic rings. The molecule has 8 heteroatoms. The van der Waals surface area contributed by atoms with Crippen molar-refractivity contribution in [2.75, 3.05) is 5.32 Å². The molecule has 0 saturated carbocycles. The highest BCUT2D eigenvalue weighted by Crippen LogP contribution is 2.28. The Bertz CT molecular complexity index is 1220. The minimum atomic E-state index is -0.477. The molecule has 1 amide bonds. The van der Waals surface area contributed by atoms with Gasteiger partial charge in [-0.1, -0.05) is 12.1 Å². The predicted octanol–water partition coefficient (Wildman–Crippen LogP) is 4.36. The number of carbonyl (C=O) groups is 1. The van der Waals surface area contributed by atoms with Gasteiger partial charge >= 0.3 is 0 Å². The van der Waals surface area contributed by atoms with Gasteiger partial charge in [-0.3, -0.25) is 24.9 Å². The average molecular weight is 374 g/mol. The van der Waals surface area contributed by atoms with E-state index in [-0.39, 0.29) is 11.6 Å². The standard InChI is InChI=1S/C20H14N4O4/c1-12-16(11-19(28-12)13-3-2-4-15(9-13)24(26)27)20(25)23-14-5-6-17-18(10-14)22-8-7-21-17/h2-11H,1H3,(H,23,25). The van der Waals surface area contributed by atoms with Crippen LogP contribution in [0, 0.1) is 17.0 Å². The summed E-state index contributed by atoms with van der Waals surface area (Å²) in [5.74, 6) is 0.455. The fourth-order valence-electron chi connectivity index (χ4n) is 2.86. The molecule has 0 bridgehead atoms. The summed E-state index contributed by atoms with van der Waals surface area (Å²) in [6, 6.07) is 12.9. The van der Waals surface area contributed by atoms with Crippen molar-refractivity contribution in [3.05, 3.63) is 82.4 Å². The van der Waals surface area contributed by atoms with Crippen LogP contribution in [-0.2, 0) is 0 Å². The van der Waals surface area contributed by atoms with Crippen LogP contribution in [0.2, 0.25) is 0 Å². The lowest BCUT2D eigenvalue weighted by Gasteiger charge is -2.05. The van der Waals surface area contributed by atoms with Gasteiger partial charge in [0.1, 0.15) is 11.5 Å². The second-order valence-corrected chi connectivity index (χ2v) is 6.10. The Morgan fingerprint density at radius 3 is 2.64 bits per heavy atom. The number of carbonyl (C=O) groups excluding carboxylic acids is 1. The van der Waals surface area contributed by atoms with Crippen molar-refractivity contribution in [2.45, 2.75) is 6.92 Å². The van der Waals surface area contributed by atoms with Crippen molar-refractivity contribution in [3.63, 3.8) is 0 Å². The van der Waals surface area contributed by atoms with Crippen LogP contribution >= 0.6 is 0 Å². The number of hydrogen-bond donors (Lipinski definition) is 1. The third-order valence-corrected chi connectivity index (χ3v) is 4.23. The number of anilines is 1. The molecule has 0 spiro atoms. The smallest absolute Gasteiger partial charge is 0.270 e. The maximum atomic E-state index is 12.7. The molecule has 4 aromatic rings. The van der Waals surface area contributed by atoms with Crippen LogP contribution in [0.15, 0.2) is 65.3 Å². The molecular weight excluding hydrogens is 360 g/mol. The van der Waals surface area contributed by atoms with Crippen molar-refractivity contribution in [1.82, 2.24) is 9.97 Å². The molecule has 4 rings (SSSR count). The molecule has 0 radical (unpaired) electrons. The van der Waals surface area contributed by atoms with Crippen molar-refractivity contribution in [2.24, 2.45) is 0 Å². The van der Waals surface area contributed by atoms with Gasteiger partial charge < -0.3 is 9.73 Å².